The Morgan fingerprint density at radius 1 is 1.35 bits per heavy atom. The number of hydrogen-bond acceptors (Lipinski definition) is 2. The summed E-state index contributed by atoms with van der Waals surface area (Å²) in [5, 5.41) is 6.55. The second-order valence-electron chi connectivity index (χ2n) is 5.55. The van der Waals surface area contributed by atoms with Crippen LogP contribution in [0.1, 0.15) is 59.8 Å². The van der Waals surface area contributed by atoms with Gasteiger partial charge >= 0.3 is 0 Å². The third-order valence-corrected chi connectivity index (χ3v) is 4.23. The molecule has 0 aromatic carbocycles. The van der Waals surface area contributed by atoms with Crippen LogP contribution in [-0.2, 0) is 4.79 Å². The topological polar surface area (TPSA) is 41.1 Å². The van der Waals surface area contributed by atoms with E-state index in [9.17, 15) is 4.79 Å². The van der Waals surface area contributed by atoms with E-state index in [1.165, 1.54) is 6.42 Å². The highest BCUT2D eigenvalue weighted by Gasteiger charge is 2.35. The molecule has 0 radical (unpaired) electrons. The summed E-state index contributed by atoms with van der Waals surface area (Å²) in [6.45, 7) is 9.50. The summed E-state index contributed by atoms with van der Waals surface area (Å²) in [6.07, 6.45) is 5.54. The van der Waals surface area contributed by atoms with Gasteiger partial charge in [0.25, 0.3) is 0 Å². The van der Waals surface area contributed by atoms with Crippen LogP contribution >= 0.6 is 0 Å². The summed E-state index contributed by atoms with van der Waals surface area (Å²) in [4.78, 5) is 12.3. The van der Waals surface area contributed by atoms with Gasteiger partial charge in [0.15, 0.2) is 0 Å². The van der Waals surface area contributed by atoms with Crippen molar-refractivity contribution in [2.75, 3.05) is 6.54 Å². The van der Waals surface area contributed by atoms with Crippen LogP contribution in [0, 0.1) is 5.92 Å². The zero-order chi connectivity index (χ0) is 12.9. The Balaban J connectivity index is 2.52. The van der Waals surface area contributed by atoms with Crippen molar-refractivity contribution in [2.24, 2.45) is 5.92 Å². The van der Waals surface area contributed by atoms with Crippen molar-refractivity contribution >= 4 is 5.91 Å². The van der Waals surface area contributed by atoms with E-state index >= 15 is 0 Å². The van der Waals surface area contributed by atoms with Gasteiger partial charge in [-0.15, -0.1) is 0 Å². The second-order valence-corrected chi connectivity index (χ2v) is 5.55. The number of rotatable bonds is 5. The average molecular weight is 240 g/mol. The van der Waals surface area contributed by atoms with E-state index in [1.807, 2.05) is 6.92 Å². The molecule has 1 heterocycles. The van der Waals surface area contributed by atoms with Gasteiger partial charge in [-0.2, -0.15) is 0 Å². The zero-order valence-corrected chi connectivity index (χ0v) is 11.8. The first-order valence-electron chi connectivity index (χ1n) is 7.09. The first-order valence-corrected chi connectivity index (χ1v) is 7.09. The van der Waals surface area contributed by atoms with Crippen LogP contribution in [0.15, 0.2) is 0 Å². The van der Waals surface area contributed by atoms with Gasteiger partial charge in [-0.05, 0) is 45.6 Å². The van der Waals surface area contributed by atoms with E-state index < -0.39 is 0 Å². The van der Waals surface area contributed by atoms with Crippen LogP contribution in [0.2, 0.25) is 0 Å². The van der Waals surface area contributed by atoms with Crippen molar-refractivity contribution < 1.29 is 4.79 Å². The predicted octanol–water partition coefficient (Wildman–Crippen LogP) is 2.46. The van der Waals surface area contributed by atoms with Crippen LogP contribution in [-0.4, -0.2) is 24.0 Å². The minimum absolute atomic E-state index is 0.177. The lowest BCUT2D eigenvalue weighted by Crippen LogP contribution is -2.59. The van der Waals surface area contributed by atoms with Gasteiger partial charge in [-0.3, -0.25) is 4.79 Å². The summed E-state index contributed by atoms with van der Waals surface area (Å²) < 4.78 is 0. The molecule has 0 saturated carbocycles. The van der Waals surface area contributed by atoms with Crippen molar-refractivity contribution in [3.63, 3.8) is 0 Å². The number of piperidine rings is 1. The van der Waals surface area contributed by atoms with Crippen molar-refractivity contribution in [2.45, 2.75) is 71.4 Å². The summed E-state index contributed by atoms with van der Waals surface area (Å²) >= 11 is 0. The molecule has 2 unspecified atom stereocenters. The Hall–Kier alpha value is -0.570. The van der Waals surface area contributed by atoms with Crippen molar-refractivity contribution in [3.05, 3.63) is 0 Å². The molecule has 0 aromatic heterocycles. The molecular formula is C14H28N2O. The van der Waals surface area contributed by atoms with Gasteiger partial charge in [0, 0.05) is 6.04 Å². The molecule has 1 saturated heterocycles. The van der Waals surface area contributed by atoms with Crippen LogP contribution < -0.4 is 10.6 Å². The normalized spacial score (nSPS) is 26.9. The lowest BCUT2D eigenvalue weighted by atomic mass is 9.88. The van der Waals surface area contributed by atoms with E-state index in [0.29, 0.717) is 5.92 Å². The molecule has 17 heavy (non-hydrogen) atoms. The number of amides is 1. The molecule has 1 rings (SSSR count). The molecule has 3 heteroatoms. The van der Waals surface area contributed by atoms with E-state index in [-0.39, 0.29) is 17.5 Å². The molecule has 2 atom stereocenters. The summed E-state index contributed by atoms with van der Waals surface area (Å²) in [6, 6.07) is 0.276. The fourth-order valence-electron chi connectivity index (χ4n) is 2.73. The fraction of sp³-hybridized carbons (Fsp3) is 0.929. The van der Waals surface area contributed by atoms with E-state index in [4.69, 9.17) is 0 Å². The first-order chi connectivity index (χ1) is 8.03. The van der Waals surface area contributed by atoms with Crippen molar-refractivity contribution in [3.8, 4) is 0 Å². The Labute approximate surface area is 106 Å². The van der Waals surface area contributed by atoms with Gasteiger partial charge in [0.1, 0.15) is 0 Å². The van der Waals surface area contributed by atoms with Gasteiger partial charge in [0.05, 0.1) is 5.54 Å². The Kier molecular flexibility index (Phi) is 5.44. The molecule has 1 amide bonds. The standard InChI is InChI=1S/C14H28N2O/c1-5-12(6-2)11(3)16-13(17)14(4)9-7-8-10-15-14/h11-12,15H,5-10H2,1-4H3,(H,16,17). The van der Waals surface area contributed by atoms with Crippen LogP contribution in [0.5, 0.6) is 0 Å². The molecule has 1 aliphatic rings. The molecule has 3 nitrogen and oxygen atoms in total. The monoisotopic (exact) mass is 240 g/mol. The molecule has 1 aliphatic heterocycles. The maximum Gasteiger partial charge on any atom is 0.240 e. The van der Waals surface area contributed by atoms with Gasteiger partial charge in [-0.25, -0.2) is 0 Å². The van der Waals surface area contributed by atoms with E-state index in [1.54, 1.807) is 0 Å². The largest absolute Gasteiger partial charge is 0.352 e. The molecule has 2 N–H and O–H groups in total. The van der Waals surface area contributed by atoms with Gasteiger partial charge in [-0.1, -0.05) is 26.7 Å². The van der Waals surface area contributed by atoms with E-state index in [2.05, 4.69) is 31.4 Å². The number of carbonyl (C=O) groups excluding carboxylic acids is 1. The Bertz CT molecular complexity index is 243. The highest BCUT2D eigenvalue weighted by molar-refractivity contribution is 5.86. The Morgan fingerprint density at radius 2 is 2.00 bits per heavy atom. The third-order valence-electron chi connectivity index (χ3n) is 4.23. The average Bonchev–Trinajstić information content (AvgIpc) is 2.31. The fourth-order valence-corrected chi connectivity index (χ4v) is 2.73. The molecule has 0 aliphatic carbocycles. The molecule has 1 fully saturated rings. The SMILES string of the molecule is CCC(CC)C(C)NC(=O)C1(C)CCCCN1. The van der Waals surface area contributed by atoms with Crippen LogP contribution in [0.4, 0.5) is 0 Å². The van der Waals surface area contributed by atoms with Gasteiger partial charge < -0.3 is 10.6 Å². The first kappa shape index (κ1) is 14.5. The van der Waals surface area contributed by atoms with E-state index in [0.717, 1.165) is 32.2 Å². The van der Waals surface area contributed by atoms with Crippen molar-refractivity contribution in [1.82, 2.24) is 10.6 Å². The number of nitrogens with one attached hydrogen (secondary N) is 2. The predicted molar refractivity (Wildman–Crippen MR) is 71.9 cm³/mol. The van der Waals surface area contributed by atoms with Crippen molar-refractivity contribution in [1.29, 1.82) is 0 Å². The molecular weight excluding hydrogens is 212 g/mol. The number of carbonyl (C=O) groups is 1. The lowest BCUT2D eigenvalue weighted by Gasteiger charge is -2.35. The minimum Gasteiger partial charge on any atom is -0.352 e. The maximum absolute atomic E-state index is 12.3. The zero-order valence-electron chi connectivity index (χ0n) is 11.8. The highest BCUT2D eigenvalue weighted by atomic mass is 16.2. The number of hydrogen-bond donors (Lipinski definition) is 2. The molecule has 0 aromatic rings. The highest BCUT2D eigenvalue weighted by Crippen LogP contribution is 2.20. The molecule has 0 spiro atoms. The quantitative estimate of drug-likeness (QED) is 0.775. The summed E-state index contributed by atoms with van der Waals surface area (Å²) in [7, 11) is 0. The minimum atomic E-state index is -0.349. The smallest absolute Gasteiger partial charge is 0.240 e. The molecule has 0 bridgehead atoms. The summed E-state index contributed by atoms with van der Waals surface area (Å²) in [5.74, 6) is 0.766. The lowest BCUT2D eigenvalue weighted by molar-refractivity contribution is -0.129. The summed E-state index contributed by atoms with van der Waals surface area (Å²) in [5.41, 5.74) is -0.349. The Morgan fingerprint density at radius 3 is 2.47 bits per heavy atom. The third kappa shape index (κ3) is 3.70. The maximum atomic E-state index is 12.3. The second kappa shape index (κ2) is 6.39. The van der Waals surface area contributed by atoms with Crippen LogP contribution in [0.25, 0.3) is 0 Å². The molecule has 100 valence electrons. The van der Waals surface area contributed by atoms with Crippen LogP contribution in [0.3, 0.4) is 0 Å². The van der Waals surface area contributed by atoms with Gasteiger partial charge in [0.2, 0.25) is 5.91 Å².